The summed E-state index contributed by atoms with van der Waals surface area (Å²) in [6, 6.07) is 7.07. The molecule has 0 saturated heterocycles. The van der Waals surface area contributed by atoms with E-state index in [2.05, 4.69) is 25.1 Å². The molecule has 38 heavy (non-hydrogen) atoms. The van der Waals surface area contributed by atoms with Crippen molar-refractivity contribution in [3.63, 3.8) is 0 Å². The van der Waals surface area contributed by atoms with Crippen molar-refractivity contribution >= 4 is 9.84 Å². The van der Waals surface area contributed by atoms with Crippen LogP contribution in [0.15, 0.2) is 49.1 Å². The Morgan fingerprint density at radius 1 is 0.974 bits per heavy atom. The Kier molecular flexibility index (Phi) is 7.88. The number of aryl methyl sites for hydroxylation is 1. The highest BCUT2D eigenvalue weighted by atomic mass is 32.2. The molecule has 13 heteroatoms. The zero-order valence-electron chi connectivity index (χ0n) is 21.6. The van der Waals surface area contributed by atoms with Gasteiger partial charge in [-0.1, -0.05) is 6.07 Å². The number of benzene rings is 1. The minimum absolute atomic E-state index is 0.0984. The minimum Gasteiger partial charge on any atom is -0.494 e. The highest BCUT2D eigenvalue weighted by Gasteiger charge is 2.33. The van der Waals surface area contributed by atoms with Crippen LogP contribution in [-0.2, 0) is 15.6 Å². The van der Waals surface area contributed by atoms with Gasteiger partial charge in [0.15, 0.2) is 21.5 Å². The molecule has 0 aliphatic heterocycles. The molecule has 2 atom stereocenters. The summed E-state index contributed by atoms with van der Waals surface area (Å²) in [6.07, 6.45) is 4.47. The van der Waals surface area contributed by atoms with Crippen LogP contribution < -0.4 is 14.2 Å². The summed E-state index contributed by atoms with van der Waals surface area (Å²) in [6.45, 7) is 3.29. The highest BCUT2D eigenvalue weighted by molar-refractivity contribution is 7.91. The van der Waals surface area contributed by atoms with Gasteiger partial charge in [-0.3, -0.25) is 14.5 Å². The van der Waals surface area contributed by atoms with Crippen molar-refractivity contribution in [1.82, 2.24) is 29.7 Å². The van der Waals surface area contributed by atoms with E-state index < -0.39 is 26.9 Å². The average Bonchev–Trinajstić information content (AvgIpc) is 3.33. The fraction of sp³-hybridized carbons (Fsp3) is 0.320. The monoisotopic (exact) mass is 540 g/mol. The third-order valence-corrected chi connectivity index (χ3v) is 8.04. The second kappa shape index (κ2) is 11.1. The minimum atomic E-state index is -3.99. The summed E-state index contributed by atoms with van der Waals surface area (Å²) in [4.78, 5) is 12.3. The number of para-hydroxylation sites is 1. The van der Waals surface area contributed by atoms with E-state index in [0.29, 0.717) is 28.6 Å². The summed E-state index contributed by atoms with van der Waals surface area (Å²) < 4.78 is 44.8. The summed E-state index contributed by atoms with van der Waals surface area (Å²) in [5.74, 6) is 1.00. The van der Waals surface area contributed by atoms with E-state index in [1.165, 1.54) is 40.6 Å². The first-order valence-electron chi connectivity index (χ1n) is 11.5. The molecule has 0 bridgehead atoms. The molecule has 0 fully saturated rings. The Labute approximate surface area is 220 Å². The molecular formula is C25H28N6O6S. The molecule has 0 spiro atoms. The van der Waals surface area contributed by atoms with Crippen molar-refractivity contribution < 1.29 is 27.7 Å². The normalized spacial score (nSPS) is 13.1. The van der Waals surface area contributed by atoms with E-state index in [1.54, 1.807) is 35.2 Å². The molecule has 3 aromatic heterocycles. The van der Waals surface area contributed by atoms with Gasteiger partial charge in [-0.15, -0.1) is 10.2 Å². The number of hydrogen-bond acceptors (Lipinski definition) is 11. The van der Waals surface area contributed by atoms with E-state index in [0.717, 1.165) is 5.56 Å². The molecule has 1 N–H and O–H groups in total. The van der Waals surface area contributed by atoms with Gasteiger partial charge in [-0.2, -0.15) is 0 Å². The topological polar surface area (TPSA) is 151 Å². The van der Waals surface area contributed by atoms with Gasteiger partial charge in [0.1, 0.15) is 29.0 Å². The van der Waals surface area contributed by atoms with Gasteiger partial charge in [0, 0.05) is 18.0 Å². The molecule has 1 aromatic carbocycles. The van der Waals surface area contributed by atoms with Crippen LogP contribution >= 0.6 is 0 Å². The fourth-order valence-corrected chi connectivity index (χ4v) is 5.24. The van der Waals surface area contributed by atoms with Gasteiger partial charge >= 0.3 is 0 Å². The van der Waals surface area contributed by atoms with E-state index in [-0.39, 0.29) is 17.4 Å². The number of aliphatic hydroxyl groups is 1. The molecule has 0 aliphatic rings. The number of aromatic nitrogens is 6. The quantitative estimate of drug-likeness (QED) is 0.316. The fourth-order valence-electron chi connectivity index (χ4n) is 3.89. The van der Waals surface area contributed by atoms with Crippen LogP contribution in [0.2, 0.25) is 0 Å². The standard InChI is InChI=1S/C25H28N6O6S/c1-15-9-17(11-26-10-15)25-30-29-21(31(25)23-19(35-3)7-6-8-20(23)36-4)14-38(33,34)16(2)24(32)18-12-28-22(37-5)13-27-18/h6-13,16,24,32H,14H2,1-5H3/t16-,24+/m1/s1. The van der Waals surface area contributed by atoms with E-state index >= 15 is 0 Å². The molecule has 0 amide bonds. The van der Waals surface area contributed by atoms with Gasteiger partial charge in [0.05, 0.1) is 44.7 Å². The van der Waals surface area contributed by atoms with Crippen LogP contribution in [0, 0.1) is 6.92 Å². The molecular weight excluding hydrogens is 512 g/mol. The van der Waals surface area contributed by atoms with Crippen molar-refractivity contribution in [3.8, 4) is 34.5 Å². The summed E-state index contributed by atoms with van der Waals surface area (Å²) in [7, 11) is 0.442. The predicted molar refractivity (Wildman–Crippen MR) is 138 cm³/mol. The third-order valence-electron chi connectivity index (χ3n) is 5.99. The van der Waals surface area contributed by atoms with Crippen LogP contribution in [0.1, 0.15) is 30.1 Å². The first-order valence-corrected chi connectivity index (χ1v) is 13.2. The lowest BCUT2D eigenvalue weighted by Crippen LogP contribution is -2.28. The zero-order chi connectivity index (χ0) is 27.4. The van der Waals surface area contributed by atoms with Crippen LogP contribution in [0.5, 0.6) is 17.4 Å². The Morgan fingerprint density at radius 3 is 2.26 bits per heavy atom. The number of ether oxygens (including phenoxy) is 3. The summed E-state index contributed by atoms with van der Waals surface area (Å²) in [5, 5.41) is 18.1. The van der Waals surface area contributed by atoms with Gasteiger partial charge in [-0.05, 0) is 37.6 Å². The van der Waals surface area contributed by atoms with Crippen LogP contribution in [0.4, 0.5) is 0 Å². The number of methoxy groups -OCH3 is 3. The molecule has 12 nitrogen and oxygen atoms in total. The second-order valence-electron chi connectivity index (χ2n) is 8.48. The van der Waals surface area contributed by atoms with Crippen molar-refractivity contribution in [2.75, 3.05) is 21.3 Å². The molecule has 0 saturated carbocycles. The van der Waals surface area contributed by atoms with E-state index in [9.17, 15) is 13.5 Å². The lowest BCUT2D eigenvalue weighted by Gasteiger charge is -2.20. The molecule has 0 aliphatic carbocycles. The zero-order valence-corrected chi connectivity index (χ0v) is 22.4. The highest BCUT2D eigenvalue weighted by Crippen LogP contribution is 2.37. The van der Waals surface area contributed by atoms with Crippen LogP contribution in [-0.4, -0.2) is 69.8 Å². The van der Waals surface area contributed by atoms with Gasteiger partial charge < -0.3 is 19.3 Å². The third kappa shape index (κ3) is 5.29. The van der Waals surface area contributed by atoms with Gasteiger partial charge in [0.25, 0.3) is 0 Å². The Morgan fingerprint density at radius 2 is 1.68 bits per heavy atom. The Bertz CT molecular complexity index is 1500. The van der Waals surface area contributed by atoms with Crippen molar-refractivity contribution in [2.45, 2.75) is 31.0 Å². The molecule has 0 radical (unpaired) electrons. The maximum absolute atomic E-state index is 13.5. The largest absolute Gasteiger partial charge is 0.494 e. The maximum Gasteiger partial charge on any atom is 0.231 e. The van der Waals surface area contributed by atoms with Crippen LogP contribution in [0.3, 0.4) is 0 Å². The van der Waals surface area contributed by atoms with Gasteiger partial charge in [-0.25, -0.2) is 13.4 Å². The number of aliphatic hydroxyl groups excluding tert-OH is 1. The first-order chi connectivity index (χ1) is 18.2. The van der Waals surface area contributed by atoms with Crippen molar-refractivity contribution in [3.05, 3.63) is 66.1 Å². The maximum atomic E-state index is 13.5. The second-order valence-corrected chi connectivity index (χ2v) is 10.8. The molecule has 3 heterocycles. The van der Waals surface area contributed by atoms with Crippen molar-refractivity contribution in [2.24, 2.45) is 0 Å². The molecule has 4 aromatic rings. The summed E-state index contributed by atoms with van der Waals surface area (Å²) >= 11 is 0. The lowest BCUT2D eigenvalue weighted by molar-refractivity contribution is 0.170. The first kappa shape index (κ1) is 26.9. The SMILES string of the molecule is COc1cnc([C@@H](O)[C@@H](C)S(=O)(=O)Cc2nnc(-c3cncc(C)c3)n2-c2c(OC)cccc2OC)cn1. The number of hydrogen-bond donors (Lipinski definition) is 1. The number of rotatable bonds is 10. The molecule has 200 valence electrons. The average molecular weight is 541 g/mol. The van der Waals surface area contributed by atoms with Crippen LogP contribution in [0.25, 0.3) is 17.1 Å². The predicted octanol–water partition coefficient (Wildman–Crippen LogP) is 2.49. The smallest absolute Gasteiger partial charge is 0.231 e. The molecule has 4 rings (SSSR count). The van der Waals surface area contributed by atoms with Gasteiger partial charge in [0.2, 0.25) is 5.88 Å². The number of nitrogens with zero attached hydrogens (tertiary/aromatic N) is 6. The number of pyridine rings is 1. The Hall–Kier alpha value is -4.10. The van der Waals surface area contributed by atoms with Crippen molar-refractivity contribution in [1.29, 1.82) is 0 Å². The lowest BCUT2D eigenvalue weighted by atomic mass is 10.2. The molecule has 0 unspecified atom stereocenters. The van der Waals surface area contributed by atoms with E-state index in [1.807, 2.05) is 13.0 Å². The van der Waals surface area contributed by atoms with E-state index in [4.69, 9.17) is 14.2 Å². The Balaban J connectivity index is 1.81. The summed E-state index contributed by atoms with van der Waals surface area (Å²) in [5.41, 5.74) is 2.03. The number of sulfone groups is 1.